The first-order valence-electron chi connectivity index (χ1n) is 11.9. The Hall–Kier alpha value is -1.69. The summed E-state index contributed by atoms with van der Waals surface area (Å²) >= 11 is 0. The van der Waals surface area contributed by atoms with Crippen molar-refractivity contribution >= 4 is 17.7 Å². The van der Waals surface area contributed by atoms with E-state index in [-0.39, 0.29) is 17.8 Å². The Balaban J connectivity index is 2.51. The van der Waals surface area contributed by atoms with E-state index >= 15 is 0 Å². The molecule has 0 saturated heterocycles. The molecule has 4 atom stereocenters. The normalized spacial score (nSPS) is 22.1. The van der Waals surface area contributed by atoms with Gasteiger partial charge in [-0.05, 0) is 43.9 Å². The van der Waals surface area contributed by atoms with Crippen LogP contribution in [0, 0.1) is 17.8 Å². The van der Waals surface area contributed by atoms with Gasteiger partial charge in [0.2, 0.25) is 0 Å². The van der Waals surface area contributed by atoms with E-state index in [9.17, 15) is 14.4 Å². The number of ketones is 1. The average Bonchev–Trinajstić information content (AvgIpc) is 3.03. The fourth-order valence-corrected chi connectivity index (χ4v) is 4.49. The summed E-state index contributed by atoms with van der Waals surface area (Å²) in [5, 5.41) is 0. The van der Waals surface area contributed by atoms with E-state index < -0.39 is 18.0 Å². The molecule has 6 nitrogen and oxygen atoms in total. The molecule has 1 rings (SSSR count). The fourth-order valence-electron chi connectivity index (χ4n) is 4.49. The third kappa shape index (κ3) is 10.4. The van der Waals surface area contributed by atoms with E-state index in [0.29, 0.717) is 25.2 Å². The highest BCUT2D eigenvalue weighted by atomic mass is 16.6. The van der Waals surface area contributed by atoms with Crippen LogP contribution in [0.4, 0.5) is 0 Å². The molecule has 1 aliphatic carbocycles. The summed E-state index contributed by atoms with van der Waals surface area (Å²) in [6.07, 6.45) is 14.1. The summed E-state index contributed by atoms with van der Waals surface area (Å²) in [4.78, 5) is 35.6. The van der Waals surface area contributed by atoms with E-state index in [0.717, 1.165) is 32.1 Å². The molecule has 0 aromatic heterocycles. The summed E-state index contributed by atoms with van der Waals surface area (Å²) in [7, 11) is 2.99. The van der Waals surface area contributed by atoms with Gasteiger partial charge in [0.15, 0.2) is 6.10 Å². The first-order valence-corrected chi connectivity index (χ1v) is 11.9. The zero-order valence-corrected chi connectivity index (χ0v) is 19.9. The van der Waals surface area contributed by atoms with Crippen LogP contribution in [0.2, 0.25) is 0 Å². The van der Waals surface area contributed by atoms with Crippen LogP contribution in [0.25, 0.3) is 0 Å². The minimum atomic E-state index is -0.843. The largest absolute Gasteiger partial charge is 0.466 e. The second kappa shape index (κ2) is 16.0. The Morgan fingerprint density at radius 2 is 1.84 bits per heavy atom. The van der Waals surface area contributed by atoms with E-state index in [1.165, 1.54) is 39.7 Å². The molecule has 0 aromatic carbocycles. The van der Waals surface area contributed by atoms with Crippen LogP contribution in [-0.2, 0) is 28.6 Å². The highest BCUT2D eigenvalue weighted by molar-refractivity contribution is 5.84. The van der Waals surface area contributed by atoms with Gasteiger partial charge in [-0.3, -0.25) is 9.59 Å². The molecule has 0 aliphatic heterocycles. The van der Waals surface area contributed by atoms with Gasteiger partial charge in [0.05, 0.1) is 13.7 Å². The smallest absolute Gasteiger partial charge is 0.347 e. The first kappa shape index (κ1) is 27.3. The number of carbonyl (C=O) groups is 3. The number of unbranched alkanes of at least 4 members (excludes halogenated alkanes) is 6. The number of carbonyl (C=O) groups excluding carboxylic acids is 3. The number of esters is 2. The molecule has 0 radical (unpaired) electrons. The SMILES string of the molecule is CCCCCCC=C[C@H]1[C@H](COC)CC(=O)[C@@H]1CCCCCC(OC(C)=O)C(=O)OC. The highest BCUT2D eigenvalue weighted by Crippen LogP contribution is 2.39. The monoisotopic (exact) mass is 438 g/mol. The summed E-state index contributed by atoms with van der Waals surface area (Å²) in [6.45, 7) is 4.12. The molecular formula is C25H42O6. The van der Waals surface area contributed by atoms with Gasteiger partial charge in [-0.15, -0.1) is 0 Å². The Labute approximate surface area is 188 Å². The lowest BCUT2D eigenvalue weighted by Gasteiger charge is -2.20. The molecule has 0 amide bonds. The standard InChI is InChI=1S/C25H42O6/c1-5-6-7-8-9-11-14-21-20(18-29-3)17-23(27)22(21)15-12-10-13-16-24(25(28)30-4)31-19(2)26/h11,14,20-22,24H,5-10,12-13,15-18H2,1-4H3/t20-,21-,22+,24?/m0/s1. The van der Waals surface area contributed by atoms with Crippen molar-refractivity contribution in [1.29, 1.82) is 0 Å². The van der Waals surface area contributed by atoms with Crippen LogP contribution in [0.15, 0.2) is 12.2 Å². The average molecular weight is 439 g/mol. The van der Waals surface area contributed by atoms with Crippen LogP contribution < -0.4 is 0 Å². The Kier molecular flexibility index (Phi) is 14.1. The zero-order chi connectivity index (χ0) is 23.1. The van der Waals surface area contributed by atoms with Gasteiger partial charge in [0.25, 0.3) is 0 Å². The van der Waals surface area contributed by atoms with Gasteiger partial charge < -0.3 is 14.2 Å². The maximum absolute atomic E-state index is 12.7. The maximum atomic E-state index is 12.7. The Morgan fingerprint density at radius 1 is 1.10 bits per heavy atom. The molecular weight excluding hydrogens is 396 g/mol. The van der Waals surface area contributed by atoms with Crippen molar-refractivity contribution in [3.05, 3.63) is 12.2 Å². The summed E-state index contributed by atoms with van der Waals surface area (Å²) in [5.41, 5.74) is 0. The first-order chi connectivity index (χ1) is 14.9. The quantitative estimate of drug-likeness (QED) is 0.191. The molecule has 31 heavy (non-hydrogen) atoms. The molecule has 0 spiro atoms. The number of allylic oxidation sites excluding steroid dienone is 2. The van der Waals surface area contributed by atoms with Crippen LogP contribution in [-0.4, -0.2) is 44.7 Å². The summed E-state index contributed by atoms with van der Waals surface area (Å²) in [5.74, 6) is -0.0929. The number of ether oxygens (including phenoxy) is 3. The van der Waals surface area contributed by atoms with Crippen LogP contribution in [0.3, 0.4) is 0 Å². The van der Waals surface area contributed by atoms with Crippen molar-refractivity contribution in [2.24, 2.45) is 17.8 Å². The van der Waals surface area contributed by atoms with Gasteiger partial charge in [0, 0.05) is 26.4 Å². The van der Waals surface area contributed by atoms with Crippen LogP contribution in [0.1, 0.15) is 84.5 Å². The number of methoxy groups -OCH3 is 2. The number of rotatable bonds is 16. The molecule has 0 bridgehead atoms. The molecule has 1 aliphatic rings. The van der Waals surface area contributed by atoms with Gasteiger partial charge >= 0.3 is 11.9 Å². The predicted molar refractivity (Wildman–Crippen MR) is 121 cm³/mol. The highest BCUT2D eigenvalue weighted by Gasteiger charge is 2.40. The predicted octanol–water partition coefficient (Wildman–Crippen LogP) is 5.04. The Morgan fingerprint density at radius 3 is 2.48 bits per heavy atom. The van der Waals surface area contributed by atoms with Crippen LogP contribution in [0.5, 0.6) is 0 Å². The second-order valence-electron chi connectivity index (χ2n) is 8.61. The zero-order valence-electron chi connectivity index (χ0n) is 19.9. The summed E-state index contributed by atoms with van der Waals surface area (Å²) in [6, 6.07) is 0. The molecule has 178 valence electrons. The van der Waals surface area contributed by atoms with Crippen molar-refractivity contribution in [3.8, 4) is 0 Å². The molecule has 6 heteroatoms. The van der Waals surface area contributed by atoms with E-state index in [1.807, 2.05) is 0 Å². The molecule has 1 fully saturated rings. The van der Waals surface area contributed by atoms with E-state index in [2.05, 4.69) is 19.1 Å². The third-order valence-corrected chi connectivity index (χ3v) is 6.10. The number of Topliss-reactive ketones (excluding diaryl/α,β-unsaturated/α-hetero) is 1. The van der Waals surface area contributed by atoms with E-state index in [4.69, 9.17) is 14.2 Å². The third-order valence-electron chi connectivity index (χ3n) is 6.10. The van der Waals surface area contributed by atoms with E-state index in [1.54, 1.807) is 7.11 Å². The molecule has 0 aromatic rings. The van der Waals surface area contributed by atoms with Gasteiger partial charge in [-0.1, -0.05) is 51.2 Å². The number of hydrogen-bond donors (Lipinski definition) is 0. The second-order valence-corrected chi connectivity index (χ2v) is 8.61. The lowest BCUT2D eigenvalue weighted by Crippen LogP contribution is -2.27. The van der Waals surface area contributed by atoms with Crippen molar-refractivity contribution in [1.82, 2.24) is 0 Å². The molecule has 1 saturated carbocycles. The van der Waals surface area contributed by atoms with Crippen LogP contribution >= 0.6 is 0 Å². The van der Waals surface area contributed by atoms with Crippen molar-refractivity contribution in [3.63, 3.8) is 0 Å². The van der Waals surface area contributed by atoms with Gasteiger partial charge in [0.1, 0.15) is 5.78 Å². The minimum Gasteiger partial charge on any atom is -0.466 e. The topological polar surface area (TPSA) is 78.9 Å². The van der Waals surface area contributed by atoms with Crippen molar-refractivity contribution in [2.45, 2.75) is 90.6 Å². The fraction of sp³-hybridized carbons (Fsp3) is 0.800. The molecule has 0 N–H and O–H groups in total. The lowest BCUT2D eigenvalue weighted by molar-refractivity contribution is -0.165. The van der Waals surface area contributed by atoms with Gasteiger partial charge in [-0.25, -0.2) is 4.79 Å². The van der Waals surface area contributed by atoms with Gasteiger partial charge in [-0.2, -0.15) is 0 Å². The maximum Gasteiger partial charge on any atom is 0.347 e. The van der Waals surface area contributed by atoms with Crippen molar-refractivity contribution in [2.75, 3.05) is 20.8 Å². The molecule has 0 heterocycles. The van der Waals surface area contributed by atoms with Crippen molar-refractivity contribution < 1.29 is 28.6 Å². The lowest BCUT2D eigenvalue weighted by atomic mass is 9.85. The minimum absolute atomic E-state index is 0.0527. The summed E-state index contributed by atoms with van der Waals surface area (Å²) < 4.78 is 15.1. The molecule has 1 unspecified atom stereocenters. The number of hydrogen-bond acceptors (Lipinski definition) is 6. The Bertz CT molecular complexity index is 570.